The zero-order valence-electron chi connectivity index (χ0n) is 9.07. The van der Waals surface area contributed by atoms with Gasteiger partial charge in [-0.05, 0) is 30.3 Å². The molecule has 0 saturated heterocycles. The quantitative estimate of drug-likeness (QED) is 0.779. The number of benzene rings is 1. The third kappa shape index (κ3) is 4.12. The second-order valence-corrected chi connectivity index (χ2v) is 3.77. The maximum atomic E-state index is 13.3. The highest BCUT2D eigenvalue weighted by Gasteiger charge is 2.08. The summed E-state index contributed by atoms with van der Waals surface area (Å²) in [5, 5.41) is 2.97. The largest absolute Gasteiger partial charge is 0.469 e. The molecule has 0 fully saturated rings. The fourth-order valence-electron chi connectivity index (χ4n) is 1.26. The minimum atomic E-state index is -0.275. The Morgan fingerprint density at radius 3 is 2.88 bits per heavy atom. The van der Waals surface area contributed by atoms with E-state index in [1.54, 1.807) is 25.2 Å². The first-order valence-electron chi connectivity index (χ1n) is 4.97. The van der Waals surface area contributed by atoms with Crippen molar-refractivity contribution < 1.29 is 9.13 Å². The zero-order valence-corrected chi connectivity index (χ0v) is 9.89. The van der Waals surface area contributed by atoms with Crippen LogP contribution in [0.5, 0.6) is 0 Å². The number of halogens is 1. The van der Waals surface area contributed by atoms with Crippen molar-refractivity contribution in [3.05, 3.63) is 35.6 Å². The second-order valence-electron chi connectivity index (χ2n) is 3.40. The summed E-state index contributed by atoms with van der Waals surface area (Å²) in [5.41, 5.74) is 6.39. The normalized spacial score (nSPS) is 11.9. The van der Waals surface area contributed by atoms with E-state index in [-0.39, 0.29) is 18.5 Å². The van der Waals surface area contributed by atoms with Crippen molar-refractivity contribution in [2.24, 2.45) is 5.73 Å². The van der Waals surface area contributed by atoms with Crippen LogP contribution in [0.25, 0.3) is 0 Å². The molecule has 0 amide bonds. The SMILES string of the molecule is CNC(=S)OC[C@@H](N)Cc1ccccc1F. The number of rotatable bonds is 4. The molecule has 0 aliphatic heterocycles. The maximum Gasteiger partial charge on any atom is 0.256 e. The third-order valence-electron chi connectivity index (χ3n) is 2.07. The van der Waals surface area contributed by atoms with Gasteiger partial charge in [-0.3, -0.25) is 0 Å². The first-order valence-corrected chi connectivity index (χ1v) is 5.37. The zero-order chi connectivity index (χ0) is 12.0. The van der Waals surface area contributed by atoms with Crippen LogP contribution in [0.2, 0.25) is 0 Å². The summed E-state index contributed by atoms with van der Waals surface area (Å²) in [6.45, 7) is 0.272. The van der Waals surface area contributed by atoms with E-state index in [1.165, 1.54) is 6.07 Å². The van der Waals surface area contributed by atoms with Crippen LogP contribution in [-0.2, 0) is 11.2 Å². The van der Waals surface area contributed by atoms with Gasteiger partial charge in [0.25, 0.3) is 5.17 Å². The summed E-state index contributed by atoms with van der Waals surface area (Å²) in [6, 6.07) is 6.29. The molecule has 1 aromatic carbocycles. The molecule has 3 N–H and O–H groups in total. The number of nitrogens with two attached hydrogens (primary N) is 1. The lowest BCUT2D eigenvalue weighted by molar-refractivity contribution is 0.272. The monoisotopic (exact) mass is 242 g/mol. The number of ether oxygens (including phenoxy) is 1. The van der Waals surface area contributed by atoms with Crippen molar-refractivity contribution in [2.75, 3.05) is 13.7 Å². The first-order chi connectivity index (χ1) is 7.63. The number of nitrogens with one attached hydrogen (secondary N) is 1. The van der Waals surface area contributed by atoms with Crippen LogP contribution in [-0.4, -0.2) is 24.9 Å². The van der Waals surface area contributed by atoms with Crippen molar-refractivity contribution in [3.63, 3.8) is 0 Å². The van der Waals surface area contributed by atoms with E-state index in [1.807, 2.05) is 0 Å². The van der Waals surface area contributed by atoms with Crippen LogP contribution < -0.4 is 11.1 Å². The van der Waals surface area contributed by atoms with Crippen LogP contribution in [0.15, 0.2) is 24.3 Å². The Balaban J connectivity index is 2.43. The van der Waals surface area contributed by atoms with Crippen molar-refractivity contribution >= 4 is 17.4 Å². The molecule has 1 aromatic rings. The summed E-state index contributed by atoms with van der Waals surface area (Å²) in [7, 11) is 1.67. The molecule has 3 nitrogen and oxygen atoms in total. The number of thiocarbonyl (C=S) groups is 1. The van der Waals surface area contributed by atoms with E-state index >= 15 is 0 Å². The maximum absolute atomic E-state index is 13.3. The van der Waals surface area contributed by atoms with Gasteiger partial charge in [0, 0.05) is 13.1 Å². The Morgan fingerprint density at radius 2 is 2.25 bits per heavy atom. The molecule has 0 heterocycles. The average molecular weight is 242 g/mol. The van der Waals surface area contributed by atoms with Crippen molar-refractivity contribution in [3.8, 4) is 0 Å². The van der Waals surface area contributed by atoms with Crippen LogP contribution in [0.4, 0.5) is 4.39 Å². The van der Waals surface area contributed by atoms with E-state index in [4.69, 9.17) is 22.7 Å². The van der Waals surface area contributed by atoms with E-state index in [0.29, 0.717) is 17.2 Å². The Morgan fingerprint density at radius 1 is 1.56 bits per heavy atom. The Hall–Kier alpha value is -1.20. The molecule has 1 atom stereocenters. The van der Waals surface area contributed by atoms with Crippen LogP contribution in [0.3, 0.4) is 0 Å². The summed E-state index contributed by atoms with van der Waals surface area (Å²) in [6.07, 6.45) is 0.430. The molecular weight excluding hydrogens is 227 g/mol. The summed E-state index contributed by atoms with van der Waals surface area (Å²) in [4.78, 5) is 0. The fraction of sp³-hybridized carbons (Fsp3) is 0.364. The van der Waals surface area contributed by atoms with Crippen LogP contribution in [0, 0.1) is 5.82 Å². The molecule has 16 heavy (non-hydrogen) atoms. The van der Waals surface area contributed by atoms with Gasteiger partial charge < -0.3 is 15.8 Å². The lowest BCUT2D eigenvalue weighted by atomic mass is 10.1. The molecule has 0 radical (unpaired) electrons. The van der Waals surface area contributed by atoms with E-state index in [2.05, 4.69) is 5.32 Å². The minimum Gasteiger partial charge on any atom is -0.469 e. The molecule has 0 aliphatic carbocycles. The van der Waals surface area contributed by atoms with E-state index in [9.17, 15) is 4.39 Å². The highest BCUT2D eigenvalue weighted by atomic mass is 32.1. The predicted octanol–water partition coefficient (Wildman–Crippen LogP) is 1.22. The average Bonchev–Trinajstić information content (AvgIpc) is 2.29. The molecular formula is C11H15FN2OS. The summed E-state index contributed by atoms with van der Waals surface area (Å²) in [5.74, 6) is -0.242. The van der Waals surface area contributed by atoms with Crippen molar-refractivity contribution in [1.29, 1.82) is 0 Å². The topological polar surface area (TPSA) is 47.3 Å². The molecule has 0 aliphatic rings. The van der Waals surface area contributed by atoms with E-state index in [0.717, 1.165) is 0 Å². The van der Waals surface area contributed by atoms with Crippen molar-refractivity contribution in [1.82, 2.24) is 5.32 Å². The highest BCUT2D eigenvalue weighted by Crippen LogP contribution is 2.08. The molecule has 5 heteroatoms. The fourth-order valence-corrected chi connectivity index (χ4v) is 1.33. The van der Waals surface area contributed by atoms with Gasteiger partial charge in [0.2, 0.25) is 0 Å². The predicted molar refractivity (Wildman–Crippen MR) is 65.7 cm³/mol. The van der Waals surface area contributed by atoms with Gasteiger partial charge in [-0.1, -0.05) is 18.2 Å². The van der Waals surface area contributed by atoms with Gasteiger partial charge in [-0.2, -0.15) is 0 Å². The smallest absolute Gasteiger partial charge is 0.256 e. The van der Waals surface area contributed by atoms with Crippen molar-refractivity contribution in [2.45, 2.75) is 12.5 Å². The third-order valence-corrected chi connectivity index (χ3v) is 2.39. The number of hydrogen-bond donors (Lipinski definition) is 2. The second kappa shape index (κ2) is 6.40. The Bertz CT molecular complexity index is 360. The van der Waals surface area contributed by atoms with Gasteiger partial charge in [0.05, 0.1) is 0 Å². The molecule has 0 aromatic heterocycles. The minimum absolute atomic E-state index is 0.242. The molecule has 1 rings (SSSR count). The highest BCUT2D eigenvalue weighted by molar-refractivity contribution is 7.80. The summed E-state index contributed by atoms with van der Waals surface area (Å²) >= 11 is 4.80. The Kier molecular flexibility index (Phi) is 5.14. The first kappa shape index (κ1) is 12.9. The van der Waals surface area contributed by atoms with Crippen LogP contribution in [0.1, 0.15) is 5.56 Å². The molecule has 0 saturated carbocycles. The standard InChI is InChI=1S/C11H15FN2OS/c1-14-11(16)15-7-9(13)6-8-4-2-3-5-10(8)12/h2-5,9H,6-7,13H2,1H3,(H,14,16)/t9-/m0/s1. The van der Waals surface area contributed by atoms with Gasteiger partial charge in [0.15, 0.2) is 0 Å². The lowest BCUT2D eigenvalue weighted by Gasteiger charge is -2.13. The van der Waals surface area contributed by atoms with Gasteiger partial charge in [-0.25, -0.2) is 4.39 Å². The van der Waals surface area contributed by atoms with Crippen LogP contribution >= 0.6 is 12.2 Å². The molecule has 0 unspecified atom stereocenters. The lowest BCUT2D eigenvalue weighted by Crippen LogP contribution is -2.32. The summed E-state index contributed by atoms with van der Waals surface area (Å²) < 4.78 is 18.4. The van der Waals surface area contributed by atoms with E-state index < -0.39 is 0 Å². The number of hydrogen-bond acceptors (Lipinski definition) is 3. The Labute approximate surface area is 99.8 Å². The van der Waals surface area contributed by atoms with Gasteiger partial charge in [0.1, 0.15) is 12.4 Å². The molecule has 0 spiro atoms. The van der Waals surface area contributed by atoms with Gasteiger partial charge in [-0.15, -0.1) is 0 Å². The molecule has 88 valence electrons. The molecule has 0 bridgehead atoms. The van der Waals surface area contributed by atoms with Gasteiger partial charge >= 0.3 is 0 Å².